The molecule has 0 spiro atoms. The molecule has 0 saturated heterocycles. The van der Waals surface area contributed by atoms with Crippen LogP contribution in [0.25, 0.3) is 34.4 Å². The molecule has 6 rings (SSSR count). The zero-order valence-electron chi connectivity index (χ0n) is 31.8. The molecule has 0 radical (unpaired) electrons. The Balaban J connectivity index is 1.55. The van der Waals surface area contributed by atoms with Crippen molar-refractivity contribution in [2.45, 2.75) is 107 Å². The molecule has 2 aliphatic rings. The van der Waals surface area contributed by atoms with E-state index in [1.54, 1.807) is 0 Å². The number of aryl methyl sites for hydroxylation is 2. The first-order valence-electron chi connectivity index (χ1n) is 18.2. The van der Waals surface area contributed by atoms with Gasteiger partial charge < -0.3 is 0 Å². The van der Waals surface area contributed by atoms with E-state index in [9.17, 15) is 0 Å². The van der Waals surface area contributed by atoms with E-state index in [0.717, 1.165) is 6.42 Å². The number of fused-ring (bicyclic) bond motifs is 2. The first kappa shape index (κ1) is 36.8. The molecule has 49 heavy (non-hydrogen) atoms. The van der Waals surface area contributed by atoms with Gasteiger partial charge in [0.15, 0.2) is 0 Å². The van der Waals surface area contributed by atoms with E-state index in [1.165, 1.54) is 77.9 Å². The molecule has 4 aromatic carbocycles. The third-order valence-corrected chi connectivity index (χ3v) is 63.8. The first-order chi connectivity index (χ1) is 22.8. The van der Waals surface area contributed by atoms with Crippen molar-refractivity contribution < 1.29 is 15.6 Å². The summed E-state index contributed by atoms with van der Waals surface area (Å²) in [4.78, 5) is 0. The Morgan fingerprint density at radius 1 is 0.592 bits per heavy atom. The zero-order chi connectivity index (χ0) is 35.9. The van der Waals surface area contributed by atoms with Gasteiger partial charge in [0, 0.05) is 0 Å². The number of benzene rings is 4. The van der Waals surface area contributed by atoms with Gasteiger partial charge in [-0.05, 0) is 0 Å². The molecular weight excluding hydrogens is 731 g/mol. The Hall–Kier alpha value is -1.96. The van der Waals surface area contributed by atoms with Crippen molar-refractivity contribution in [3.05, 3.63) is 128 Å². The van der Waals surface area contributed by atoms with Crippen LogP contribution in [0.1, 0.15) is 114 Å². The predicted molar refractivity (Wildman–Crippen MR) is 219 cm³/mol. The van der Waals surface area contributed by atoms with Crippen molar-refractivity contribution in [1.29, 1.82) is 0 Å². The number of hydrogen-bond acceptors (Lipinski definition) is 0. The van der Waals surface area contributed by atoms with Crippen molar-refractivity contribution in [3.63, 3.8) is 0 Å². The Morgan fingerprint density at radius 2 is 1.00 bits per heavy atom. The molecular formula is C45H55Cl2SiZr. The van der Waals surface area contributed by atoms with Crippen LogP contribution in [0.4, 0.5) is 0 Å². The molecule has 0 bridgehead atoms. The average Bonchev–Trinajstić information content (AvgIpc) is 3.61. The maximum atomic E-state index is 8.70. The fourth-order valence-electron chi connectivity index (χ4n) is 8.84. The topological polar surface area (TPSA) is 0 Å². The minimum atomic E-state index is -4.85. The Bertz CT molecular complexity index is 2000. The van der Waals surface area contributed by atoms with Crippen LogP contribution in [0.5, 0.6) is 0 Å². The quantitative estimate of drug-likeness (QED) is 0.171. The number of allylic oxidation sites excluding steroid dienone is 2. The van der Waals surface area contributed by atoms with Gasteiger partial charge in [0.2, 0.25) is 0 Å². The summed E-state index contributed by atoms with van der Waals surface area (Å²) < 4.78 is 0.180. The van der Waals surface area contributed by atoms with Crippen LogP contribution in [0.3, 0.4) is 0 Å². The van der Waals surface area contributed by atoms with Crippen molar-refractivity contribution in [2.75, 3.05) is 0 Å². The molecule has 0 amide bonds. The average molecular weight is 786 g/mol. The summed E-state index contributed by atoms with van der Waals surface area (Å²) in [6.45, 7) is 27.8. The van der Waals surface area contributed by atoms with E-state index in [4.69, 9.17) is 17.0 Å². The van der Waals surface area contributed by atoms with Crippen molar-refractivity contribution in [3.8, 4) is 22.3 Å². The molecule has 4 heteroatoms. The summed E-state index contributed by atoms with van der Waals surface area (Å²) in [5, 5.41) is 0. The molecule has 4 aromatic rings. The molecule has 257 valence electrons. The van der Waals surface area contributed by atoms with Crippen LogP contribution in [-0.4, -0.2) is 5.92 Å². The van der Waals surface area contributed by atoms with Gasteiger partial charge in [-0.25, -0.2) is 0 Å². The first-order valence-corrected chi connectivity index (χ1v) is 34.5. The van der Waals surface area contributed by atoms with Crippen molar-refractivity contribution in [1.82, 2.24) is 0 Å². The molecule has 2 atom stereocenters. The molecule has 2 unspecified atom stereocenters. The van der Waals surface area contributed by atoms with Gasteiger partial charge in [0.05, 0.1) is 0 Å². The zero-order valence-corrected chi connectivity index (χ0v) is 36.9. The molecule has 0 heterocycles. The second-order valence-corrected chi connectivity index (χ2v) is 59.9. The van der Waals surface area contributed by atoms with Crippen LogP contribution >= 0.6 is 17.0 Å². The Kier molecular flexibility index (Phi) is 9.48. The van der Waals surface area contributed by atoms with Gasteiger partial charge >= 0.3 is 308 Å². The fraction of sp³-hybridized carbons (Fsp3) is 0.378. The molecule has 2 aliphatic carbocycles. The third kappa shape index (κ3) is 6.00. The minimum absolute atomic E-state index is 0.0836. The maximum absolute atomic E-state index is 8.70. The second kappa shape index (κ2) is 12.6. The van der Waals surface area contributed by atoms with Gasteiger partial charge in [-0.2, -0.15) is 0 Å². The number of halogens is 2. The van der Waals surface area contributed by atoms with Crippen LogP contribution in [0.2, 0.25) is 13.1 Å². The van der Waals surface area contributed by atoms with E-state index in [0.29, 0.717) is 0 Å². The van der Waals surface area contributed by atoms with E-state index in [-0.39, 0.29) is 18.1 Å². The molecule has 0 fully saturated rings. The fourth-order valence-corrected chi connectivity index (χ4v) is 41.3. The molecule has 0 saturated carbocycles. The van der Waals surface area contributed by atoms with Crippen LogP contribution in [0, 0.1) is 13.8 Å². The number of rotatable bonds is 6. The Morgan fingerprint density at radius 3 is 1.39 bits per heavy atom. The van der Waals surface area contributed by atoms with E-state index in [2.05, 4.69) is 167 Å². The van der Waals surface area contributed by atoms with E-state index >= 15 is 0 Å². The van der Waals surface area contributed by atoms with Gasteiger partial charge in [0.25, 0.3) is 0 Å². The normalized spacial score (nSPS) is 18.6. The van der Waals surface area contributed by atoms with Gasteiger partial charge in [-0.1, -0.05) is 0 Å². The molecule has 0 nitrogen and oxygen atoms in total. The van der Waals surface area contributed by atoms with Gasteiger partial charge in [0.1, 0.15) is 0 Å². The van der Waals surface area contributed by atoms with E-state index < -0.39 is 21.5 Å². The van der Waals surface area contributed by atoms with Crippen molar-refractivity contribution >= 4 is 35.1 Å². The summed E-state index contributed by atoms with van der Waals surface area (Å²) >= 11 is -4.85. The van der Waals surface area contributed by atoms with Crippen LogP contribution < -0.4 is 0 Å². The van der Waals surface area contributed by atoms with Gasteiger partial charge in [-0.15, -0.1) is 0 Å². The summed E-state index contributed by atoms with van der Waals surface area (Å²) in [5.74, 6) is -1.64. The van der Waals surface area contributed by atoms with Crippen LogP contribution in [-0.2, 0) is 26.4 Å². The molecule has 0 aromatic heterocycles. The third-order valence-electron chi connectivity index (χ3n) is 11.9. The van der Waals surface area contributed by atoms with Gasteiger partial charge in [-0.3, -0.25) is 0 Å². The predicted octanol–water partition coefficient (Wildman–Crippen LogP) is 14.2. The number of hydrogen-bond donors (Lipinski definition) is 0. The summed E-state index contributed by atoms with van der Waals surface area (Å²) in [7, 11) is 17.4. The Labute approximate surface area is 305 Å². The van der Waals surface area contributed by atoms with Crippen molar-refractivity contribution in [2.24, 2.45) is 0 Å². The SMILES string of the molecule is CCC1=Cc2c(-c3ccc(C(C)(C)C)cc3)ccc(C)c2[CH]1[Zr]([Cl])([Cl])([CH]1C(C)=Cc2c(-c3ccc(C(C)(C)C)cc3)ccc(C)c21)[SiH](C)C. The second-order valence-electron chi connectivity index (χ2n) is 17.4. The summed E-state index contributed by atoms with van der Waals surface area (Å²) in [5.41, 5.74) is 18.9. The standard InChI is InChI=1S/C22H25.C21H23.C2H7Si.2ClH.Zr/c1-6-16-13-20-15(2)7-12-19(21(20)14-16)17-8-10-18(11-9-17)22(3,4)5;1-14-12-19-15(2)6-11-18(20(19)13-14)16-7-9-17(10-8-16)21(3,4)5;1-3-2;;;/h7-14H,6H2,1-5H3;6-13H,1-5H3;3H,1-2H3;2*1H;/q;;;;;+2/p-2. The molecule has 0 aliphatic heterocycles. The monoisotopic (exact) mass is 783 g/mol. The van der Waals surface area contributed by atoms with E-state index in [1.807, 2.05) is 0 Å². The summed E-state index contributed by atoms with van der Waals surface area (Å²) in [6, 6.07) is 27.7. The molecule has 0 N–H and O–H groups in total. The summed E-state index contributed by atoms with van der Waals surface area (Å²) in [6.07, 6.45) is 5.89. The van der Waals surface area contributed by atoms with Crippen LogP contribution in [0.15, 0.2) is 83.9 Å².